The van der Waals surface area contributed by atoms with Crippen LogP contribution in [0.1, 0.15) is 5.56 Å². The van der Waals surface area contributed by atoms with Gasteiger partial charge in [0, 0.05) is 12.7 Å². The number of nitriles is 1. The average Bonchev–Trinajstić information content (AvgIpc) is 2.41. The van der Waals surface area contributed by atoms with Gasteiger partial charge in [0.25, 0.3) is 0 Å². The highest BCUT2D eigenvalue weighted by molar-refractivity contribution is 5.89. The first-order valence-electron chi connectivity index (χ1n) is 5.76. The van der Waals surface area contributed by atoms with Crippen LogP contribution >= 0.6 is 0 Å². The highest BCUT2D eigenvalue weighted by atomic mass is 16.4. The minimum atomic E-state index is -0.985. The predicted molar refractivity (Wildman–Crippen MR) is 67.6 cm³/mol. The molecule has 1 aromatic rings. The molecule has 19 heavy (non-hydrogen) atoms. The molecule has 0 radical (unpaired) electrons. The molecule has 1 N–H and O–H groups in total. The fourth-order valence-corrected chi connectivity index (χ4v) is 2.07. The van der Waals surface area contributed by atoms with Gasteiger partial charge in [-0.25, -0.2) is 4.79 Å². The summed E-state index contributed by atoms with van der Waals surface area (Å²) in [6, 6.07) is 7.81. The second-order valence-electron chi connectivity index (χ2n) is 4.42. The topological polar surface area (TPSA) is 84.6 Å². The standard InChI is InChI=1S/C13H13N3O3/c1-15-7-11(13(18)19)16(8-12(15)17)10-4-2-3-9(5-10)6-14/h2-5,11H,7-8H2,1H3,(H,18,19). The number of piperazine rings is 1. The van der Waals surface area contributed by atoms with Crippen LogP contribution in [0.3, 0.4) is 0 Å². The number of carbonyl (C=O) groups excluding carboxylic acids is 1. The zero-order valence-corrected chi connectivity index (χ0v) is 10.4. The van der Waals surface area contributed by atoms with Gasteiger partial charge in [0.05, 0.1) is 24.7 Å². The second kappa shape index (κ2) is 4.98. The van der Waals surface area contributed by atoms with Gasteiger partial charge in [-0.3, -0.25) is 4.79 Å². The Hall–Kier alpha value is -2.55. The number of nitrogens with zero attached hydrogens (tertiary/aromatic N) is 3. The smallest absolute Gasteiger partial charge is 0.328 e. The van der Waals surface area contributed by atoms with Crippen molar-refractivity contribution in [1.82, 2.24) is 4.90 Å². The number of carbonyl (C=O) groups is 2. The molecule has 0 aromatic heterocycles. The van der Waals surface area contributed by atoms with Crippen molar-refractivity contribution in [2.24, 2.45) is 0 Å². The fourth-order valence-electron chi connectivity index (χ4n) is 2.07. The summed E-state index contributed by atoms with van der Waals surface area (Å²) in [7, 11) is 1.58. The SMILES string of the molecule is CN1CC(C(=O)O)N(c2cccc(C#N)c2)CC1=O. The summed E-state index contributed by atoms with van der Waals surface area (Å²) in [6.45, 7) is 0.132. The number of aliphatic carboxylic acids is 1. The van der Waals surface area contributed by atoms with E-state index in [1.165, 1.54) is 9.80 Å². The van der Waals surface area contributed by atoms with Crippen LogP contribution in [0.4, 0.5) is 5.69 Å². The highest BCUT2D eigenvalue weighted by Crippen LogP contribution is 2.22. The lowest BCUT2D eigenvalue weighted by molar-refractivity contribution is -0.141. The molecule has 1 amide bonds. The molecular weight excluding hydrogens is 246 g/mol. The summed E-state index contributed by atoms with van der Waals surface area (Å²) in [5.41, 5.74) is 1.01. The van der Waals surface area contributed by atoms with Crippen molar-refractivity contribution < 1.29 is 14.7 Å². The first kappa shape index (κ1) is 12.9. The highest BCUT2D eigenvalue weighted by Gasteiger charge is 2.35. The van der Waals surface area contributed by atoms with Crippen LogP contribution in [0.5, 0.6) is 0 Å². The Kier molecular flexibility index (Phi) is 3.38. The molecule has 6 heteroatoms. The molecule has 6 nitrogen and oxygen atoms in total. The van der Waals surface area contributed by atoms with Crippen molar-refractivity contribution in [2.75, 3.05) is 25.0 Å². The van der Waals surface area contributed by atoms with Gasteiger partial charge in [0.1, 0.15) is 6.04 Å². The summed E-state index contributed by atoms with van der Waals surface area (Å²) in [5.74, 6) is -1.12. The first-order valence-corrected chi connectivity index (χ1v) is 5.76. The Bertz CT molecular complexity index is 564. The van der Waals surface area contributed by atoms with Crippen molar-refractivity contribution in [3.63, 3.8) is 0 Å². The second-order valence-corrected chi connectivity index (χ2v) is 4.42. The molecule has 1 unspecified atom stereocenters. The van der Waals surface area contributed by atoms with E-state index in [0.29, 0.717) is 11.3 Å². The lowest BCUT2D eigenvalue weighted by Crippen LogP contribution is -2.58. The van der Waals surface area contributed by atoms with Crippen LogP contribution in [0, 0.1) is 11.3 Å². The largest absolute Gasteiger partial charge is 0.480 e. The summed E-state index contributed by atoms with van der Waals surface area (Å²) in [4.78, 5) is 26.0. The van der Waals surface area contributed by atoms with Crippen molar-refractivity contribution in [3.8, 4) is 6.07 Å². The molecule has 0 spiro atoms. The Morgan fingerprint density at radius 1 is 1.53 bits per heavy atom. The minimum absolute atomic E-state index is 0.00233. The van der Waals surface area contributed by atoms with Gasteiger partial charge in [-0.05, 0) is 18.2 Å². The summed E-state index contributed by atoms with van der Waals surface area (Å²) < 4.78 is 0. The lowest BCUT2D eigenvalue weighted by Gasteiger charge is -2.38. The van der Waals surface area contributed by atoms with E-state index in [4.69, 9.17) is 5.26 Å². The maximum atomic E-state index is 11.7. The molecule has 2 rings (SSSR count). The number of hydrogen-bond acceptors (Lipinski definition) is 4. The molecule has 1 fully saturated rings. The number of amides is 1. The molecule has 1 atom stereocenters. The van der Waals surface area contributed by atoms with E-state index in [1.54, 1.807) is 31.3 Å². The average molecular weight is 259 g/mol. The van der Waals surface area contributed by atoms with E-state index in [1.807, 2.05) is 6.07 Å². The number of anilines is 1. The maximum absolute atomic E-state index is 11.7. The van der Waals surface area contributed by atoms with E-state index in [0.717, 1.165) is 0 Å². The molecule has 1 aliphatic heterocycles. The summed E-state index contributed by atoms with van der Waals surface area (Å²) >= 11 is 0. The lowest BCUT2D eigenvalue weighted by atomic mass is 10.1. The maximum Gasteiger partial charge on any atom is 0.328 e. The van der Waals surface area contributed by atoms with Gasteiger partial charge in [0.2, 0.25) is 5.91 Å². The third kappa shape index (κ3) is 2.50. The molecule has 1 heterocycles. The molecular formula is C13H13N3O3. The van der Waals surface area contributed by atoms with E-state index < -0.39 is 12.0 Å². The summed E-state index contributed by atoms with van der Waals surface area (Å²) in [5, 5.41) is 18.1. The normalized spacial score (nSPS) is 19.2. The van der Waals surface area contributed by atoms with Crippen LogP contribution < -0.4 is 4.90 Å². The Morgan fingerprint density at radius 2 is 2.26 bits per heavy atom. The minimum Gasteiger partial charge on any atom is -0.480 e. The Labute approximate surface area is 110 Å². The first-order chi connectivity index (χ1) is 9.02. The van der Waals surface area contributed by atoms with Gasteiger partial charge in [0.15, 0.2) is 0 Å². The molecule has 1 saturated heterocycles. The van der Waals surface area contributed by atoms with Crippen LogP contribution in [0.15, 0.2) is 24.3 Å². The molecule has 0 bridgehead atoms. The summed E-state index contributed by atoms with van der Waals surface area (Å²) in [6.07, 6.45) is 0. The Morgan fingerprint density at radius 3 is 2.89 bits per heavy atom. The quantitative estimate of drug-likeness (QED) is 0.825. The van der Waals surface area contributed by atoms with Gasteiger partial charge >= 0.3 is 5.97 Å². The number of carboxylic acids is 1. The van der Waals surface area contributed by atoms with Gasteiger partial charge in [-0.1, -0.05) is 6.07 Å². The third-order valence-corrected chi connectivity index (χ3v) is 3.15. The number of rotatable bonds is 2. The van der Waals surface area contributed by atoms with Crippen molar-refractivity contribution in [2.45, 2.75) is 6.04 Å². The van der Waals surface area contributed by atoms with Gasteiger partial charge < -0.3 is 14.9 Å². The van der Waals surface area contributed by atoms with E-state index in [-0.39, 0.29) is 19.0 Å². The molecule has 0 saturated carbocycles. The number of hydrogen-bond donors (Lipinski definition) is 1. The fraction of sp³-hybridized carbons (Fsp3) is 0.308. The van der Waals surface area contributed by atoms with Crippen molar-refractivity contribution in [3.05, 3.63) is 29.8 Å². The van der Waals surface area contributed by atoms with Crippen LogP contribution in [0.2, 0.25) is 0 Å². The molecule has 1 aromatic carbocycles. The molecule has 1 aliphatic rings. The zero-order valence-electron chi connectivity index (χ0n) is 10.4. The number of benzene rings is 1. The molecule has 0 aliphatic carbocycles. The van der Waals surface area contributed by atoms with Gasteiger partial charge in [-0.15, -0.1) is 0 Å². The Balaban J connectivity index is 2.36. The van der Waals surface area contributed by atoms with Crippen LogP contribution in [-0.4, -0.2) is 48.1 Å². The van der Waals surface area contributed by atoms with Gasteiger partial charge in [-0.2, -0.15) is 5.26 Å². The van der Waals surface area contributed by atoms with E-state index in [9.17, 15) is 14.7 Å². The number of carboxylic acid groups (broad SMARTS) is 1. The van der Waals surface area contributed by atoms with E-state index >= 15 is 0 Å². The predicted octanol–water partition coefficient (Wildman–Crippen LogP) is 0.290. The zero-order chi connectivity index (χ0) is 14.0. The molecule has 98 valence electrons. The van der Waals surface area contributed by atoms with Crippen molar-refractivity contribution >= 4 is 17.6 Å². The monoisotopic (exact) mass is 259 g/mol. The van der Waals surface area contributed by atoms with Crippen LogP contribution in [0.25, 0.3) is 0 Å². The third-order valence-electron chi connectivity index (χ3n) is 3.15. The van der Waals surface area contributed by atoms with Crippen LogP contribution in [-0.2, 0) is 9.59 Å². The number of likely N-dealkylation sites (N-methyl/N-ethyl adjacent to an activating group) is 1. The van der Waals surface area contributed by atoms with E-state index in [2.05, 4.69) is 0 Å². The van der Waals surface area contributed by atoms with Crippen molar-refractivity contribution in [1.29, 1.82) is 5.26 Å².